The predicted molar refractivity (Wildman–Crippen MR) is 169 cm³/mol. The molecular formula is C38H27N. The summed E-state index contributed by atoms with van der Waals surface area (Å²) in [4.78, 5) is 0. The molecule has 0 aliphatic heterocycles. The van der Waals surface area contributed by atoms with E-state index in [1.54, 1.807) is 0 Å². The first-order chi connectivity index (χ1) is 19.3. The Kier molecular flexibility index (Phi) is 4.87. The average molecular weight is 498 g/mol. The molecule has 0 fully saturated rings. The zero-order valence-electron chi connectivity index (χ0n) is 21.9. The monoisotopic (exact) mass is 497 g/mol. The van der Waals surface area contributed by atoms with Crippen LogP contribution in [0.2, 0.25) is 0 Å². The Morgan fingerprint density at radius 3 is 1.69 bits per heavy atom. The largest absolute Gasteiger partial charge is 0.341 e. The van der Waals surface area contributed by atoms with Crippen LogP contribution in [0.5, 0.6) is 0 Å². The number of para-hydroxylation sites is 1. The Labute approximate surface area is 227 Å². The molecule has 0 aliphatic carbocycles. The van der Waals surface area contributed by atoms with Crippen molar-refractivity contribution in [2.24, 2.45) is 0 Å². The van der Waals surface area contributed by atoms with Crippen LogP contribution in [0.15, 0.2) is 133 Å². The van der Waals surface area contributed by atoms with E-state index in [9.17, 15) is 0 Å². The number of fused-ring (bicyclic) bond motifs is 9. The van der Waals surface area contributed by atoms with Gasteiger partial charge in [0.15, 0.2) is 0 Å². The van der Waals surface area contributed by atoms with E-state index >= 15 is 0 Å². The number of hydrogen-bond donors (Lipinski definition) is 0. The van der Waals surface area contributed by atoms with Crippen LogP contribution in [0.1, 0.15) is 6.92 Å². The van der Waals surface area contributed by atoms with Crippen molar-refractivity contribution in [2.45, 2.75) is 13.5 Å². The molecule has 0 N–H and O–H groups in total. The summed E-state index contributed by atoms with van der Waals surface area (Å²) in [5, 5.41) is 10.5. The molecule has 0 bridgehead atoms. The lowest BCUT2D eigenvalue weighted by molar-refractivity contribution is 0.827. The second-order valence-electron chi connectivity index (χ2n) is 10.4. The number of aryl methyl sites for hydroxylation is 1. The fourth-order valence-corrected chi connectivity index (χ4v) is 6.61. The van der Waals surface area contributed by atoms with Crippen molar-refractivity contribution < 1.29 is 0 Å². The zero-order chi connectivity index (χ0) is 25.9. The minimum atomic E-state index is 0.950. The van der Waals surface area contributed by atoms with Gasteiger partial charge in [-0.3, -0.25) is 0 Å². The first-order valence-electron chi connectivity index (χ1n) is 13.8. The number of benzene rings is 7. The SMILES string of the molecule is CCn1c2ccccc2c2cc3c4ccc(-c5ccccc5-c5ccccc5)cc4c4ccccc4c3cc21. The van der Waals surface area contributed by atoms with Gasteiger partial charge in [-0.2, -0.15) is 0 Å². The van der Waals surface area contributed by atoms with E-state index in [2.05, 4.69) is 145 Å². The van der Waals surface area contributed by atoms with Crippen LogP contribution in [-0.2, 0) is 6.54 Å². The Balaban J connectivity index is 1.48. The molecule has 184 valence electrons. The number of aromatic nitrogens is 1. The summed E-state index contributed by atoms with van der Waals surface area (Å²) in [6, 6.07) is 49.1. The Morgan fingerprint density at radius 2 is 0.949 bits per heavy atom. The zero-order valence-corrected chi connectivity index (χ0v) is 21.9. The fraction of sp³-hybridized carbons (Fsp3) is 0.0526. The summed E-state index contributed by atoms with van der Waals surface area (Å²) >= 11 is 0. The standard InChI is InChI=1S/C38H27N/c1-2-39-37-19-11-10-18-32(37)36-23-34-31-21-20-26(28-15-7-6-14-27(28)25-12-4-3-5-13-25)22-33(31)29-16-8-9-17-30(29)35(34)24-38(36)39/h3-24H,2H2,1H3. The highest BCUT2D eigenvalue weighted by Gasteiger charge is 2.16. The van der Waals surface area contributed by atoms with E-state index in [1.807, 2.05) is 0 Å². The van der Waals surface area contributed by atoms with Gasteiger partial charge in [0.25, 0.3) is 0 Å². The third-order valence-corrected chi connectivity index (χ3v) is 8.37. The van der Waals surface area contributed by atoms with E-state index in [0.29, 0.717) is 0 Å². The lowest BCUT2D eigenvalue weighted by Gasteiger charge is -2.15. The van der Waals surface area contributed by atoms with Gasteiger partial charge in [0.1, 0.15) is 0 Å². The molecule has 1 nitrogen and oxygen atoms in total. The molecule has 0 atom stereocenters. The Bertz CT molecular complexity index is 2200. The van der Waals surface area contributed by atoms with Crippen LogP contribution in [0.3, 0.4) is 0 Å². The van der Waals surface area contributed by atoms with E-state index < -0.39 is 0 Å². The smallest absolute Gasteiger partial charge is 0.0497 e. The molecule has 0 unspecified atom stereocenters. The van der Waals surface area contributed by atoms with E-state index in [0.717, 1.165) is 6.54 Å². The van der Waals surface area contributed by atoms with Crippen molar-refractivity contribution in [1.29, 1.82) is 0 Å². The van der Waals surface area contributed by atoms with E-state index in [4.69, 9.17) is 0 Å². The normalized spacial score (nSPS) is 11.8. The highest BCUT2D eigenvalue weighted by molar-refractivity contribution is 6.29. The van der Waals surface area contributed by atoms with Crippen LogP contribution < -0.4 is 0 Å². The topological polar surface area (TPSA) is 4.93 Å². The molecule has 0 saturated carbocycles. The second-order valence-corrected chi connectivity index (χ2v) is 10.4. The third kappa shape index (κ3) is 3.26. The summed E-state index contributed by atoms with van der Waals surface area (Å²) in [6.45, 7) is 3.19. The molecule has 0 radical (unpaired) electrons. The minimum Gasteiger partial charge on any atom is -0.341 e. The number of rotatable bonds is 3. The maximum atomic E-state index is 2.45. The number of nitrogens with zero attached hydrogens (tertiary/aromatic N) is 1. The fourth-order valence-electron chi connectivity index (χ4n) is 6.61. The lowest BCUT2D eigenvalue weighted by atomic mass is 9.89. The van der Waals surface area contributed by atoms with Crippen molar-refractivity contribution in [3.05, 3.63) is 133 Å². The third-order valence-electron chi connectivity index (χ3n) is 8.37. The van der Waals surface area contributed by atoms with Gasteiger partial charge >= 0.3 is 0 Å². The van der Waals surface area contributed by atoms with Crippen molar-refractivity contribution in [2.75, 3.05) is 0 Å². The highest BCUT2D eigenvalue weighted by Crippen LogP contribution is 2.42. The van der Waals surface area contributed by atoms with Crippen molar-refractivity contribution in [3.8, 4) is 22.3 Å². The molecule has 1 heteroatoms. The first kappa shape index (κ1) is 22.1. The van der Waals surface area contributed by atoms with Crippen molar-refractivity contribution in [1.82, 2.24) is 4.57 Å². The molecule has 1 heterocycles. The minimum absolute atomic E-state index is 0.950. The maximum Gasteiger partial charge on any atom is 0.0497 e. The highest BCUT2D eigenvalue weighted by atomic mass is 15.0. The molecule has 0 amide bonds. The van der Waals surface area contributed by atoms with Crippen molar-refractivity contribution in [3.63, 3.8) is 0 Å². The second kappa shape index (κ2) is 8.58. The predicted octanol–water partition coefficient (Wildman–Crippen LogP) is 10.6. The molecule has 1 aromatic heterocycles. The van der Waals surface area contributed by atoms with Gasteiger partial charge in [-0.15, -0.1) is 0 Å². The summed E-state index contributed by atoms with van der Waals surface area (Å²) in [5.74, 6) is 0. The molecule has 8 aromatic rings. The quantitative estimate of drug-likeness (QED) is 0.214. The average Bonchev–Trinajstić information content (AvgIpc) is 3.33. The van der Waals surface area contributed by atoms with Crippen LogP contribution in [0.25, 0.3) is 76.4 Å². The molecule has 0 aliphatic rings. The van der Waals surface area contributed by atoms with Crippen LogP contribution in [-0.4, -0.2) is 4.57 Å². The van der Waals surface area contributed by atoms with E-state index in [1.165, 1.54) is 76.4 Å². The first-order valence-corrected chi connectivity index (χ1v) is 13.8. The molecule has 7 aromatic carbocycles. The van der Waals surface area contributed by atoms with Crippen LogP contribution in [0, 0.1) is 0 Å². The number of hydrogen-bond acceptors (Lipinski definition) is 0. The van der Waals surface area contributed by atoms with Gasteiger partial charge in [-0.05, 0) is 85.8 Å². The molecule has 39 heavy (non-hydrogen) atoms. The van der Waals surface area contributed by atoms with Gasteiger partial charge in [-0.25, -0.2) is 0 Å². The summed E-state index contributed by atoms with van der Waals surface area (Å²) in [5.41, 5.74) is 7.62. The summed E-state index contributed by atoms with van der Waals surface area (Å²) in [7, 11) is 0. The summed E-state index contributed by atoms with van der Waals surface area (Å²) < 4.78 is 2.45. The summed E-state index contributed by atoms with van der Waals surface area (Å²) in [6.07, 6.45) is 0. The lowest BCUT2D eigenvalue weighted by Crippen LogP contribution is -1.93. The van der Waals surface area contributed by atoms with Gasteiger partial charge in [0.05, 0.1) is 0 Å². The molecule has 0 saturated heterocycles. The molecule has 0 spiro atoms. The maximum absolute atomic E-state index is 2.45. The van der Waals surface area contributed by atoms with Gasteiger partial charge in [0, 0.05) is 28.4 Å². The Hall–Kier alpha value is -4.88. The van der Waals surface area contributed by atoms with Crippen molar-refractivity contribution >= 4 is 54.1 Å². The van der Waals surface area contributed by atoms with Crippen LogP contribution in [0.4, 0.5) is 0 Å². The van der Waals surface area contributed by atoms with Gasteiger partial charge in [-0.1, -0.05) is 109 Å². The van der Waals surface area contributed by atoms with Gasteiger partial charge in [0.2, 0.25) is 0 Å². The van der Waals surface area contributed by atoms with E-state index in [-0.39, 0.29) is 0 Å². The Morgan fingerprint density at radius 1 is 0.385 bits per heavy atom. The molecule has 8 rings (SSSR count). The van der Waals surface area contributed by atoms with Crippen LogP contribution >= 0.6 is 0 Å². The molecular weight excluding hydrogens is 470 g/mol. The van der Waals surface area contributed by atoms with Gasteiger partial charge < -0.3 is 4.57 Å².